The highest BCUT2D eigenvalue weighted by Gasteiger charge is 2.41. The Kier molecular flexibility index (Phi) is 3.38. The van der Waals surface area contributed by atoms with Gasteiger partial charge < -0.3 is 9.42 Å². The molecule has 2 aromatic heterocycles. The Balaban J connectivity index is 1.41. The molecule has 1 aliphatic carbocycles. The first-order valence-corrected chi connectivity index (χ1v) is 9.20. The average molecular weight is 351 g/mol. The summed E-state index contributed by atoms with van der Waals surface area (Å²) in [5.74, 6) is 1.90. The fourth-order valence-corrected chi connectivity index (χ4v) is 3.85. The Bertz CT molecular complexity index is 973. The molecule has 1 aliphatic heterocycles. The molecule has 26 heavy (non-hydrogen) atoms. The summed E-state index contributed by atoms with van der Waals surface area (Å²) in [5.41, 5.74) is 1.05. The maximum Gasteiger partial charge on any atom is 0.275 e. The van der Waals surface area contributed by atoms with Gasteiger partial charge in [0.2, 0.25) is 5.89 Å². The minimum atomic E-state index is -0.305. The van der Waals surface area contributed by atoms with Crippen molar-refractivity contribution in [2.24, 2.45) is 0 Å². The second-order valence-corrected chi connectivity index (χ2v) is 7.74. The summed E-state index contributed by atoms with van der Waals surface area (Å²) >= 11 is 0. The van der Waals surface area contributed by atoms with E-state index in [4.69, 9.17) is 4.52 Å². The number of nitrogens with zero attached hydrogens (tertiary/aromatic N) is 4. The van der Waals surface area contributed by atoms with E-state index in [-0.39, 0.29) is 11.3 Å². The van der Waals surface area contributed by atoms with Crippen molar-refractivity contribution in [3.05, 3.63) is 41.7 Å². The zero-order valence-corrected chi connectivity index (χ0v) is 14.7. The monoisotopic (exact) mass is 351 g/mol. The maximum atomic E-state index is 13.1. The molecule has 1 amide bonds. The number of amides is 1. The first kappa shape index (κ1) is 15.5. The lowest BCUT2D eigenvalue weighted by molar-refractivity contribution is 0.0616. The Labute approximate surface area is 150 Å². The normalized spacial score (nSPS) is 23.5. The summed E-state index contributed by atoms with van der Waals surface area (Å²) in [6.45, 7) is 3.40. The van der Waals surface area contributed by atoms with Gasteiger partial charge in [-0.3, -0.25) is 9.89 Å². The van der Waals surface area contributed by atoms with Crippen molar-refractivity contribution in [1.29, 1.82) is 0 Å². The lowest BCUT2D eigenvalue weighted by atomic mass is 9.81. The molecule has 2 fully saturated rings. The minimum Gasteiger partial charge on any atom is -0.339 e. The summed E-state index contributed by atoms with van der Waals surface area (Å²) in [6, 6.07) is 7.71. The quantitative estimate of drug-likeness (QED) is 0.784. The number of carbonyl (C=O) groups excluding carboxylic acids is 1. The molecule has 1 saturated carbocycles. The van der Waals surface area contributed by atoms with E-state index in [1.54, 1.807) is 0 Å². The van der Waals surface area contributed by atoms with Crippen LogP contribution in [0.1, 0.15) is 60.7 Å². The molecule has 0 unspecified atom stereocenters. The second kappa shape index (κ2) is 5.65. The van der Waals surface area contributed by atoms with Gasteiger partial charge in [0.25, 0.3) is 5.91 Å². The van der Waals surface area contributed by atoms with E-state index >= 15 is 0 Å². The number of rotatable bonds is 3. The third-order valence-corrected chi connectivity index (χ3v) is 5.56. The van der Waals surface area contributed by atoms with E-state index in [2.05, 4.69) is 27.3 Å². The number of hydrogen-bond acceptors (Lipinski definition) is 5. The fraction of sp³-hybridized carbons (Fsp3) is 0.474. The van der Waals surface area contributed by atoms with Crippen LogP contribution in [0.4, 0.5) is 0 Å². The Hall–Kier alpha value is -2.70. The Morgan fingerprint density at radius 1 is 1.35 bits per heavy atom. The smallest absolute Gasteiger partial charge is 0.275 e. The van der Waals surface area contributed by atoms with Crippen LogP contribution in [0.5, 0.6) is 0 Å². The van der Waals surface area contributed by atoms with Gasteiger partial charge in [0.15, 0.2) is 11.5 Å². The molecule has 134 valence electrons. The number of fused-ring (bicyclic) bond motifs is 1. The first-order chi connectivity index (χ1) is 12.6. The van der Waals surface area contributed by atoms with Crippen molar-refractivity contribution >= 4 is 16.8 Å². The molecule has 2 aliphatic rings. The molecule has 3 aromatic rings. The zero-order valence-electron chi connectivity index (χ0n) is 14.7. The van der Waals surface area contributed by atoms with Crippen LogP contribution in [0.15, 0.2) is 28.8 Å². The number of aromatic amines is 1. The number of carbonyl (C=O) groups is 1. The maximum absolute atomic E-state index is 13.1. The largest absolute Gasteiger partial charge is 0.339 e. The summed E-state index contributed by atoms with van der Waals surface area (Å²) in [7, 11) is 0. The topological polar surface area (TPSA) is 87.9 Å². The van der Waals surface area contributed by atoms with Gasteiger partial charge in [-0.05, 0) is 38.7 Å². The van der Waals surface area contributed by atoms with Gasteiger partial charge in [-0.2, -0.15) is 10.1 Å². The standard InChI is InChI=1S/C19H21N5O2/c1-19(18-20-16(23-26-18)12-7-8-12)9-4-10-24(11-19)17(25)15-13-5-2-3-6-14(13)21-22-15/h2-3,5-6,12H,4,7-11H2,1H3,(H,21,22)/t19-/m1/s1. The van der Waals surface area contributed by atoms with Crippen LogP contribution in [0, 0.1) is 0 Å². The molecule has 5 rings (SSSR count). The molecule has 7 heteroatoms. The van der Waals surface area contributed by atoms with Crippen LogP contribution < -0.4 is 0 Å². The van der Waals surface area contributed by atoms with Crippen molar-refractivity contribution in [3.63, 3.8) is 0 Å². The number of piperidine rings is 1. The van der Waals surface area contributed by atoms with E-state index in [0.717, 1.165) is 49.0 Å². The SMILES string of the molecule is C[C@@]1(c2nc(C3CC3)no2)CCCN(C(=O)c2n[nH]c3ccccc23)C1. The van der Waals surface area contributed by atoms with E-state index in [1.165, 1.54) is 0 Å². The highest BCUT2D eigenvalue weighted by atomic mass is 16.5. The van der Waals surface area contributed by atoms with E-state index < -0.39 is 0 Å². The number of hydrogen-bond donors (Lipinski definition) is 1. The number of para-hydroxylation sites is 1. The fourth-order valence-electron chi connectivity index (χ4n) is 3.85. The molecule has 0 spiro atoms. The van der Waals surface area contributed by atoms with E-state index in [1.807, 2.05) is 29.2 Å². The van der Waals surface area contributed by atoms with Crippen LogP contribution in [0.3, 0.4) is 0 Å². The molecule has 1 saturated heterocycles. The third kappa shape index (κ3) is 2.50. The van der Waals surface area contributed by atoms with Gasteiger partial charge in [-0.25, -0.2) is 0 Å². The van der Waals surface area contributed by atoms with Gasteiger partial charge in [0.05, 0.1) is 10.9 Å². The molecular formula is C19H21N5O2. The van der Waals surface area contributed by atoms with Crippen LogP contribution >= 0.6 is 0 Å². The minimum absolute atomic E-state index is 0.0460. The zero-order chi connectivity index (χ0) is 17.7. The molecule has 3 heterocycles. The van der Waals surface area contributed by atoms with Crippen molar-refractivity contribution in [3.8, 4) is 0 Å². The van der Waals surface area contributed by atoms with E-state index in [9.17, 15) is 4.79 Å². The predicted molar refractivity (Wildman–Crippen MR) is 94.9 cm³/mol. The Morgan fingerprint density at radius 3 is 3.04 bits per heavy atom. The van der Waals surface area contributed by atoms with Gasteiger partial charge in [-0.1, -0.05) is 23.4 Å². The molecule has 1 atom stereocenters. The highest BCUT2D eigenvalue weighted by Crippen LogP contribution is 2.40. The summed E-state index contributed by atoms with van der Waals surface area (Å²) in [4.78, 5) is 19.6. The number of aromatic nitrogens is 4. The predicted octanol–water partition coefficient (Wildman–Crippen LogP) is 3.02. The molecule has 1 N–H and O–H groups in total. The lowest BCUT2D eigenvalue weighted by Gasteiger charge is -2.37. The lowest BCUT2D eigenvalue weighted by Crippen LogP contribution is -2.47. The van der Waals surface area contributed by atoms with Crippen LogP contribution in [0.25, 0.3) is 10.9 Å². The first-order valence-electron chi connectivity index (χ1n) is 9.20. The molecule has 7 nitrogen and oxygen atoms in total. The molecule has 1 aromatic carbocycles. The van der Waals surface area contributed by atoms with Gasteiger partial charge in [-0.15, -0.1) is 0 Å². The third-order valence-electron chi connectivity index (χ3n) is 5.56. The number of likely N-dealkylation sites (tertiary alicyclic amines) is 1. The number of nitrogens with one attached hydrogen (secondary N) is 1. The highest BCUT2D eigenvalue weighted by molar-refractivity contribution is 6.04. The van der Waals surface area contributed by atoms with Crippen molar-refractivity contribution in [2.75, 3.05) is 13.1 Å². The van der Waals surface area contributed by atoms with Gasteiger partial charge >= 0.3 is 0 Å². The average Bonchev–Trinajstić information content (AvgIpc) is 3.22. The van der Waals surface area contributed by atoms with Crippen molar-refractivity contribution in [2.45, 2.75) is 43.9 Å². The van der Waals surface area contributed by atoms with Crippen LogP contribution in [0.2, 0.25) is 0 Å². The number of benzene rings is 1. The molecule has 0 radical (unpaired) electrons. The van der Waals surface area contributed by atoms with Crippen molar-refractivity contribution in [1.82, 2.24) is 25.2 Å². The van der Waals surface area contributed by atoms with Crippen LogP contribution in [-0.4, -0.2) is 44.2 Å². The molecular weight excluding hydrogens is 330 g/mol. The summed E-state index contributed by atoms with van der Waals surface area (Å²) in [5, 5.41) is 12.2. The summed E-state index contributed by atoms with van der Waals surface area (Å²) in [6.07, 6.45) is 4.13. The second-order valence-electron chi connectivity index (χ2n) is 7.74. The number of H-pyrrole nitrogens is 1. The molecule has 0 bridgehead atoms. The Morgan fingerprint density at radius 2 is 2.19 bits per heavy atom. The van der Waals surface area contributed by atoms with E-state index in [0.29, 0.717) is 24.0 Å². The van der Waals surface area contributed by atoms with Gasteiger partial charge in [0, 0.05) is 24.4 Å². The van der Waals surface area contributed by atoms with Crippen LogP contribution in [-0.2, 0) is 5.41 Å². The van der Waals surface area contributed by atoms with Gasteiger partial charge in [0.1, 0.15) is 0 Å². The summed E-state index contributed by atoms with van der Waals surface area (Å²) < 4.78 is 5.58. The van der Waals surface area contributed by atoms with Crippen molar-refractivity contribution < 1.29 is 9.32 Å².